The maximum absolute atomic E-state index is 11.3. The maximum Gasteiger partial charge on any atom is 0.306 e. The van der Waals surface area contributed by atoms with Gasteiger partial charge >= 0.3 is 10.1 Å². The molecule has 0 unspecified atom stereocenters. The van der Waals surface area contributed by atoms with E-state index in [0.717, 1.165) is 28.2 Å². The standard InChI is InChI=1S/C13H14O3S/c1-9-8-11-6-4-5-7-12(11)13(10(9)2)16-17(3,14)15/h4-8H,1-3H3. The summed E-state index contributed by atoms with van der Waals surface area (Å²) in [4.78, 5) is 0. The highest BCUT2D eigenvalue weighted by molar-refractivity contribution is 7.86. The molecule has 0 saturated heterocycles. The molecular weight excluding hydrogens is 236 g/mol. The molecule has 2 aromatic rings. The molecule has 2 rings (SSSR count). The van der Waals surface area contributed by atoms with Crippen molar-refractivity contribution in [1.82, 2.24) is 0 Å². The third-order valence-corrected chi connectivity index (χ3v) is 3.21. The molecule has 0 heterocycles. The molecule has 90 valence electrons. The lowest BCUT2D eigenvalue weighted by atomic mass is 10.0. The van der Waals surface area contributed by atoms with E-state index in [1.807, 2.05) is 44.2 Å². The minimum atomic E-state index is -3.51. The van der Waals surface area contributed by atoms with E-state index in [4.69, 9.17) is 4.18 Å². The van der Waals surface area contributed by atoms with E-state index < -0.39 is 10.1 Å². The van der Waals surface area contributed by atoms with Gasteiger partial charge in [-0.15, -0.1) is 0 Å². The van der Waals surface area contributed by atoms with E-state index in [0.29, 0.717) is 5.75 Å². The summed E-state index contributed by atoms with van der Waals surface area (Å²) >= 11 is 0. The lowest BCUT2D eigenvalue weighted by molar-refractivity contribution is 0.493. The predicted octanol–water partition coefficient (Wildman–Crippen LogP) is 2.80. The van der Waals surface area contributed by atoms with Gasteiger partial charge in [0.05, 0.1) is 6.26 Å². The summed E-state index contributed by atoms with van der Waals surface area (Å²) in [7, 11) is -3.51. The van der Waals surface area contributed by atoms with Crippen molar-refractivity contribution in [2.75, 3.05) is 6.26 Å². The molecule has 0 aliphatic heterocycles. The van der Waals surface area contributed by atoms with E-state index in [2.05, 4.69) is 0 Å². The number of rotatable bonds is 2. The van der Waals surface area contributed by atoms with Crippen molar-refractivity contribution < 1.29 is 12.6 Å². The molecule has 0 radical (unpaired) electrons. The van der Waals surface area contributed by atoms with E-state index >= 15 is 0 Å². The zero-order chi connectivity index (χ0) is 12.6. The molecular formula is C13H14O3S. The maximum atomic E-state index is 11.3. The Bertz CT molecular complexity index is 672. The van der Waals surface area contributed by atoms with Crippen LogP contribution in [0.4, 0.5) is 0 Å². The second-order valence-electron chi connectivity index (χ2n) is 4.16. The number of fused-ring (bicyclic) bond motifs is 1. The Labute approximate surface area is 101 Å². The highest BCUT2D eigenvalue weighted by Gasteiger charge is 2.13. The van der Waals surface area contributed by atoms with Crippen LogP contribution >= 0.6 is 0 Å². The van der Waals surface area contributed by atoms with Crippen LogP contribution in [0, 0.1) is 13.8 Å². The topological polar surface area (TPSA) is 43.4 Å². The number of aryl methyl sites for hydroxylation is 1. The van der Waals surface area contributed by atoms with Gasteiger partial charge in [-0.25, -0.2) is 0 Å². The summed E-state index contributed by atoms with van der Waals surface area (Å²) in [5.74, 6) is 0.433. The Morgan fingerprint density at radius 3 is 2.41 bits per heavy atom. The fraction of sp³-hybridized carbons (Fsp3) is 0.231. The van der Waals surface area contributed by atoms with Crippen molar-refractivity contribution in [1.29, 1.82) is 0 Å². The summed E-state index contributed by atoms with van der Waals surface area (Å²) in [6.45, 7) is 3.80. The number of benzene rings is 2. The van der Waals surface area contributed by atoms with Crippen molar-refractivity contribution in [3.05, 3.63) is 41.5 Å². The molecule has 0 bridgehead atoms. The summed E-state index contributed by atoms with van der Waals surface area (Å²) < 4.78 is 27.7. The molecule has 0 atom stereocenters. The smallest absolute Gasteiger partial charge is 0.306 e. The summed E-state index contributed by atoms with van der Waals surface area (Å²) in [6.07, 6.45) is 1.06. The quantitative estimate of drug-likeness (QED) is 0.770. The first-order valence-electron chi connectivity index (χ1n) is 5.27. The molecule has 0 aliphatic carbocycles. The lowest BCUT2D eigenvalue weighted by Gasteiger charge is -2.12. The monoisotopic (exact) mass is 250 g/mol. The molecule has 0 N–H and O–H groups in total. The normalized spacial score (nSPS) is 11.7. The third-order valence-electron chi connectivity index (χ3n) is 2.74. The van der Waals surface area contributed by atoms with Gasteiger partial charge < -0.3 is 4.18 Å². The fourth-order valence-electron chi connectivity index (χ4n) is 1.81. The minimum Gasteiger partial charge on any atom is -0.382 e. The zero-order valence-corrected chi connectivity index (χ0v) is 10.8. The minimum absolute atomic E-state index is 0.433. The molecule has 4 heteroatoms. The molecule has 0 aliphatic rings. The van der Waals surface area contributed by atoms with Crippen LogP contribution < -0.4 is 4.18 Å². The second kappa shape index (κ2) is 4.04. The highest BCUT2D eigenvalue weighted by atomic mass is 32.2. The van der Waals surface area contributed by atoms with Gasteiger partial charge in [-0.1, -0.05) is 30.3 Å². The van der Waals surface area contributed by atoms with Gasteiger partial charge in [0, 0.05) is 5.39 Å². The van der Waals surface area contributed by atoms with Gasteiger partial charge in [0.15, 0.2) is 5.75 Å². The Morgan fingerprint density at radius 2 is 1.76 bits per heavy atom. The zero-order valence-electron chi connectivity index (χ0n) is 10.0. The van der Waals surface area contributed by atoms with Gasteiger partial charge in [0.25, 0.3) is 0 Å². The van der Waals surface area contributed by atoms with Gasteiger partial charge in [0.1, 0.15) is 0 Å². The molecule has 17 heavy (non-hydrogen) atoms. The van der Waals surface area contributed by atoms with Crippen LogP contribution in [-0.2, 0) is 10.1 Å². The average molecular weight is 250 g/mol. The molecule has 0 spiro atoms. The van der Waals surface area contributed by atoms with Crippen LogP contribution in [0.2, 0.25) is 0 Å². The van der Waals surface area contributed by atoms with Crippen LogP contribution in [0.25, 0.3) is 10.8 Å². The SMILES string of the molecule is Cc1cc2ccccc2c(OS(C)(=O)=O)c1C. The van der Waals surface area contributed by atoms with Crippen LogP contribution in [0.5, 0.6) is 5.75 Å². The van der Waals surface area contributed by atoms with Crippen molar-refractivity contribution in [2.24, 2.45) is 0 Å². The predicted molar refractivity (Wildman–Crippen MR) is 68.9 cm³/mol. The van der Waals surface area contributed by atoms with Crippen molar-refractivity contribution in [2.45, 2.75) is 13.8 Å². The van der Waals surface area contributed by atoms with Crippen molar-refractivity contribution >= 4 is 20.9 Å². The third kappa shape index (κ3) is 2.42. The summed E-state index contributed by atoms with van der Waals surface area (Å²) in [6, 6.07) is 9.62. The number of hydrogen-bond donors (Lipinski definition) is 0. The Hall–Kier alpha value is -1.55. The van der Waals surface area contributed by atoms with Crippen molar-refractivity contribution in [3.63, 3.8) is 0 Å². The highest BCUT2D eigenvalue weighted by Crippen LogP contribution is 2.32. The average Bonchev–Trinajstić information content (AvgIpc) is 2.23. The fourth-order valence-corrected chi connectivity index (χ4v) is 2.33. The molecule has 0 fully saturated rings. The van der Waals surface area contributed by atoms with E-state index in [1.165, 1.54) is 0 Å². The molecule has 2 aromatic carbocycles. The van der Waals surface area contributed by atoms with E-state index in [-0.39, 0.29) is 0 Å². The lowest BCUT2D eigenvalue weighted by Crippen LogP contribution is -2.07. The van der Waals surface area contributed by atoms with Crippen LogP contribution in [0.15, 0.2) is 30.3 Å². The van der Waals surface area contributed by atoms with Crippen LogP contribution in [0.3, 0.4) is 0 Å². The largest absolute Gasteiger partial charge is 0.382 e. The Balaban J connectivity index is 2.79. The molecule has 0 amide bonds. The van der Waals surface area contributed by atoms with Crippen molar-refractivity contribution in [3.8, 4) is 5.75 Å². The first-order valence-corrected chi connectivity index (χ1v) is 7.08. The first kappa shape index (κ1) is 11.9. The van der Waals surface area contributed by atoms with E-state index in [9.17, 15) is 8.42 Å². The molecule has 0 saturated carbocycles. The van der Waals surface area contributed by atoms with E-state index in [1.54, 1.807) is 0 Å². The molecule has 3 nitrogen and oxygen atoms in total. The second-order valence-corrected chi connectivity index (χ2v) is 5.73. The Morgan fingerprint density at radius 1 is 1.12 bits per heavy atom. The van der Waals surface area contributed by atoms with Crippen LogP contribution in [-0.4, -0.2) is 14.7 Å². The molecule has 0 aromatic heterocycles. The van der Waals surface area contributed by atoms with Gasteiger partial charge in [0.2, 0.25) is 0 Å². The summed E-state index contributed by atoms with van der Waals surface area (Å²) in [5.41, 5.74) is 1.87. The first-order chi connectivity index (χ1) is 7.88. The summed E-state index contributed by atoms with van der Waals surface area (Å²) in [5, 5.41) is 1.80. The Kier molecular flexibility index (Phi) is 2.83. The van der Waals surface area contributed by atoms with Gasteiger partial charge in [-0.3, -0.25) is 0 Å². The van der Waals surface area contributed by atoms with Gasteiger partial charge in [-0.05, 0) is 30.4 Å². The van der Waals surface area contributed by atoms with Gasteiger partial charge in [-0.2, -0.15) is 8.42 Å². The van der Waals surface area contributed by atoms with Crippen LogP contribution in [0.1, 0.15) is 11.1 Å². The number of hydrogen-bond acceptors (Lipinski definition) is 3.